The first-order valence-corrected chi connectivity index (χ1v) is 20.5. The Morgan fingerprint density at radius 3 is 2.38 bits per heavy atom. The number of hydroxylamine groups is 1. The van der Waals surface area contributed by atoms with Crippen LogP contribution in [-0.2, 0) is 4.74 Å². The zero-order valence-corrected chi connectivity index (χ0v) is 33.6. The molecule has 10 atom stereocenters. The summed E-state index contributed by atoms with van der Waals surface area (Å²) in [5.74, 6) is -0.809. The number of cyclic esters (lactones) is 2. The molecule has 0 radical (unpaired) electrons. The molecular weight excluding hydrogens is 713 g/mol. The lowest BCUT2D eigenvalue weighted by Gasteiger charge is -2.66. The number of nitrogens with zero attached hydrogens (tertiary/aromatic N) is 2. The van der Waals surface area contributed by atoms with Crippen molar-refractivity contribution in [2.75, 3.05) is 5.06 Å². The van der Waals surface area contributed by atoms with Crippen LogP contribution in [-0.4, -0.2) is 28.9 Å². The van der Waals surface area contributed by atoms with Crippen LogP contribution in [0.1, 0.15) is 127 Å². The summed E-state index contributed by atoms with van der Waals surface area (Å²) in [5.41, 5.74) is 1.00. The van der Waals surface area contributed by atoms with Gasteiger partial charge in [0.05, 0.1) is 27.9 Å². The lowest BCUT2D eigenvalue weighted by molar-refractivity contribution is -0.797. The molecule has 4 saturated carbocycles. The molecule has 11 heteroatoms. The molecule has 1 aromatic heterocycles. The maximum absolute atomic E-state index is 14.8. The normalized spacial score (nSPS) is 33.5. The van der Waals surface area contributed by atoms with Crippen molar-refractivity contribution in [2.45, 2.75) is 118 Å². The maximum atomic E-state index is 14.8. The SMILES string of the molecule is CC(C)=CCCC(C)C1CCC2C3CC([N+](=O)Oc4ccc5c([O-])oc([O-])c5c4)C4C(C)(C)C(N([O-])c5ccc6c(c5)C(=O)OC6=O)CCC4(C)C3CCC12C. The number of rotatable bonds is 9. The Bertz CT molecular complexity index is 2120. The highest BCUT2D eigenvalue weighted by Crippen LogP contribution is 2.71. The second kappa shape index (κ2) is 13.6. The molecule has 2 aromatic carbocycles. The molecule has 5 aliphatic rings. The van der Waals surface area contributed by atoms with E-state index < -0.39 is 41.3 Å². The topological polar surface area (TPSA) is 158 Å². The molecule has 300 valence electrons. The van der Waals surface area contributed by atoms with Crippen LogP contribution in [0.5, 0.6) is 17.6 Å². The fourth-order valence-corrected chi connectivity index (χ4v) is 13.4. The summed E-state index contributed by atoms with van der Waals surface area (Å²) in [7, 11) is 0. The molecule has 8 rings (SSSR count). The van der Waals surface area contributed by atoms with Crippen LogP contribution in [0.3, 0.4) is 0 Å². The molecular formula is C45H54N2O9-2. The third-order valence-electron chi connectivity index (χ3n) is 15.7. The molecule has 1 aliphatic heterocycles. The summed E-state index contributed by atoms with van der Waals surface area (Å²) >= 11 is 0. The lowest BCUT2D eigenvalue weighted by atomic mass is 9.39. The number of benzene rings is 2. The van der Waals surface area contributed by atoms with Gasteiger partial charge in [0, 0.05) is 34.8 Å². The second-order valence-corrected chi connectivity index (χ2v) is 19.1. The molecule has 0 bridgehead atoms. The zero-order chi connectivity index (χ0) is 40.1. The van der Waals surface area contributed by atoms with Crippen LogP contribution in [0, 0.1) is 61.9 Å². The first kappa shape index (κ1) is 38.5. The van der Waals surface area contributed by atoms with Crippen LogP contribution >= 0.6 is 0 Å². The van der Waals surface area contributed by atoms with Crippen molar-refractivity contribution in [2.24, 2.45) is 51.8 Å². The lowest BCUT2D eigenvalue weighted by Crippen LogP contribution is -2.67. The van der Waals surface area contributed by atoms with Crippen molar-refractivity contribution < 1.29 is 38.7 Å². The van der Waals surface area contributed by atoms with Crippen LogP contribution in [0.4, 0.5) is 5.69 Å². The Hall–Kier alpha value is -4.38. The number of fused-ring (bicyclic) bond motifs is 7. The van der Waals surface area contributed by atoms with Gasteiger partial charge in [0.15, 0.2) is 0 Å². The molecule has 11 nitrogen and oxygen atoms in total. The Morgan fingerprint density at radius 2 is 1.62 bits per heavy atom. The highest BCUT2D eigenvalue weighted by Gasteiger charge is 2.70. The minimum absolute atomic E-state index is 0.0631. The Balaban J connectivity index is 1.14. The smallest absolute Gasteiger partial charge is 0.346 e. The van der Waals surface area contributed by atoms with Crippen LogP contribution in [0.25, 0.3) is 10.8 Å². The molecule has 0 spiro atoms. The largest absolute Gasteiger partial charge is 0.758 e. The zero-order valence-electron chi connectivity index (χ0n) is 33.6. The first-order valence-electron chi connectivity index (χ1n) is 20.5. The van der Waals surface area contributed by atoms with Crippen molar-refractivity contribution in [1.82, 2.24) is 0 Å². The van der Waals surface area contributed by atoms with E-state index in [1.807, 2.05) is 0 Å². The van der Waals surface area contributed by atoms with E-state index in [2.05, 4.69) is 54.5 Å². The second-order valence-electron chi connectivity index (χ2n) is 19.1. The van der Waals surface area contributed by atoms with E-state index in [-0.39, 0.29) is 50.1 Å². The first-order chi connectivity index (χ1) is 26.5. The van der Waals surface area contributed by atoms with Gasteiger partial charge in [0.1, 0.15) is 0 Å². The van der Waals surface area contributed by atoms with E-state index in [1.54, 1.807) is 6.07 Å². The van der Waals surface area contributed by atoms with Gasteiger partial charge in [0.25, 0.3) is 6.04 Å². The molecule has 0 N–H and O–H groups in total. The van der Waals surface area contributed by atoms with Gasteiger partial charge in [-0.05, 0) is 147 Å². The van der Waals surface area contributed by atoms with Gasteiger partial charge >= 0.3 is 11.9 Å². The van der Waals surface area contributed by atoms with Gasteiger partial charge < -0.3 is 29.6 Å². The van der Waals surface area contributed by atoms with E-state index in [0.29, 0.717) is 42.4 Å². The number of carbonyl (C=O) groups excluding carboxylic acids is 2. The van der Waals surface area contributed by atoms with Gasteiger partial charge in [-0.3, -0.25) is 0 Å². The number of hydrogen-bond acceptors (Lipinski definition) is 10. The van der Waals surface area contributed by atoms with Crippen molar-refractivity contribution in [3.63, 3.8) is 0 Å². The summed E-state index contributed by atoms with van der Waals surface area (Å²) in [6, 6.07) is 7.67. The minimum atomic E-state index is -0.774. The van der Waals surface area contributed by atoms with Gasteiger partial charge in [-0.1, -0.05) is 46.3 Å². The maximum Gasteiger partial charge on any atom is 0.346 e. The number of ether oxygens (including phenoxy) is 1. The Labute approximate surface area is 328 Å². The third-order valence-corrected chi connectivity index (χ3v) is 15.7. The van der Waals surface area contributed by atoms with E-state index >= 15 is 0 Å². The number of esters is 2. The molecule has 2 heterocycles. The summed E-state index contributed by atoms with van der Waals surface area (Å²) in [4.78, 5) is 46.2. The van der Waals surface area contributed by atoms with E-state index in [4.69, 9.17) is 14.0 Å². The number of anilines is 1. The van der Waals surface area contributed by atoms with Gasteiger partial charge in [-0.15, -0.1) is 0 Å². The van der Waals surface area contributed by atoms with E-state index in [0.717, 1.165) is 42.1 Å². The Morgan fingerprint density at radius 1 is 0.929 bits per heavy atom. The number of furan rings is 1. The summed E-state index contributed by atoms with van der Waals surface area (Å²) in [5, 5.41) is 40.2. The van der Waals surface area contributed by atoms with Crippen molar-refractivity contribution in [3.05, 3.63) is 69.3 Å². The summed E-state index contributed by atoms with van der Waals surface area (Å²) in [6.45, 7) is 15.8. The van der Waals surface area contributed by atoms with Crippen LogP contribution in [0.2, 0.25) is 0 Å². The minimum Gasteiger partial charge on any atom is -0.758 e. The fourth-order valence-electron chi connectivity index (χ4n) is 13.4. The summed E-state index contributed by atoms with van der Waals surface area (Å²) in [6.07, 6.45) is 11.1. The quantitative estimate of drug-likeness (QED) is 0.0891. The van der Waals surface area contributed by atoms with Crippen molar-refractivity contribution in [3.8, 4) is 17.6 Å². The number of allylic oxidation sites excluding steroid dienone is 2. The van der Waals surface area contributed by atoms with E-state index in [9.17, 15) is 29.9 Å². The third kappa shape index (κ3) is 5.93. The molecule has 4 fully saturated rings. The fraction of sp³-hybridized carbons (Fsp3) is 0.600. The molecule has 3 aromatic rings. The molecule has 10 unspecified atom stereocenters. The van der Waals surface area contributed by atoms with E-state index in [1.165, 1.54) is 48.7 Å². The molecule has 4 aliphatic carbocycles. The van der Waals surface area contributed by atoms with Gasteiger partial charge in [-0.2, -0.15) is 4.84 Å². The number of hydrogen-bond donors (Lipinski definition) is 0. The molecule has 56 heavy (non-hydrogen) atoms. The molecule has 0 amide bonds. The average Bonchev–Trinajstić information content (AvgIpc) is 3.75. The number of carbonyl (C=O) groups is 2. The van der Waals surface area contributed by atoms with Crippen LogP contribution in [0.15, 0.2) is 52.5 Å². The molecule has 0 saturated heterocycles. The highest BCUT2D eigenvalue weighted by molar-refractivity contribution is 6.15. The predicted molar refractivity (Wildman–Crippen MR) is 207 cm³/mol. The van der Waals surface area contributed by atoms with Gasteiger partial charge in [-0.25, -0.2) is 9.59 Å². The monoisotopic (exact) mass is 766 g/mol. The van der Waals surface area contributed by atoms with Crippen LogP contribution < -0.4 is 20.1 Å². The predicted octanol–water partition coefficient (Wildman–Crippen LogP) is 8.99. The standard InChI is InChI=1S/C45H56N2O9/c1-24(2)9-8-10-25(3)33-15-16-34-32-23-36(47(53)56-27-12-14-29-31(22-27)42(51)55-40(29)49)38-43(4,5)37(18-20-45(38,7)35(32)17-19-44(33,34)6)46(52)26-11-13-28-30(21-26)41(50)54-39(28)48/h9,11-14,21-22,25,32-38,49,51H,8,10,15-20,23H2,1-7H3/p-2. The Kier molecular flexibility index (Phi) is 9.37. The van der Waals surface area contributed by atoms with Gasteiger partial charge in [0.2, 0.25) is 10.7 Å². The van der Waals surface area contributed by atoms with Crippen molar-refractivity contribution in [1.29, 1.82) is 0 Å². The summed E-state index contributed by atoms with van der Waals surface area (Å²) < 4.78 is 9.58. The van der Waals surface area contributed by atoms with Crippen molar-refractivity contribution >= 4 is 28.4 Å². The average molecular weight is 767 g/mol. The highest BCUT2D eigenvalue weighted by atomic mass is 16.8.